The summed E-state index contributed by atoms with van der Waals surface area (Å²) >= 11 is 0. The van der Waals surface area contributed by atoms with Crippen LogP contribution in [0.4, 0.5) is 11.4 Å². The number of amides is 3. The summed E-state index contributed by atoms with van der Waals surface area (Å²) in [5, 5.41) is 13.3. The van der Waals surface area contributed by atoms with Gasteiger partial charge in [0, 0.05) is 17.8 Å². The fourth-order valence-electron chi connectivity index (χ4n) is 2.62. The van der Waals surface area contributed by atoms with E-state index in [-0.39, 0.29) is 22.5 Å². The molecule has 126 valence electrons. The van der Waals surface area contributed by atoms with Gasteiger partial charge in [-0.05, 0) is 25.1 Å². The van der Waals surface area contributed by atoms with Crippen LogP contribution < -0.4 is 5.32 Å². The molecule has 0 aromatic heterocycles. The maximum absolute atomic E-state index is 12.4. The van der Waals surface area contributed by atoms with Crippen LogP contribution in [0.2, 0.25) is 0 Å². The molecule has 1 atom stereocenters. The van der Waals surface area contributed by atoms with Gasteiger partial charge in [0.1, 0.15) is 6.04 Å². The molecule has 3 amide bonds. The molecular formula is C17H13N3O5. The van der Waals surface area contributed by atoms with Gasteiger partial charge in [0.15, 0.2) is 0 Å². The maximum atomic E-state index is 12.4. The lowest BCUT2D eigenvalue weighted by atomic mass is 10.1. The number of benzene rings is 2. The highest BCUT2D eigenvalue weighted by Gasteiger charge is 2.40. The first-order valence-electron chi connectivity index (χ1n) is 7.42. The molecule has 2 aromatic rings. The number of imide groups is 1. The molecule has 0 bridgehead atoms. The van der Waals surface area contributed by atoms with Crippen LogP contribution in [0.5, 0.6) is 0 Å². The number of anilines is 1. The molecule has 1 aliphatic rings. The quantitative estimate of drug-likeness (QED) is 0.522. The van der Waals surface area contributed by atoms with Gasteiger partial charge in [-0.3, -0.25) is 29.4 Å². The van der Waals surface area contributed by atoms with Crippen LogP contribution in [0.15, 0.2) is 48.5 Å². The third-order valence-electron chi connectivity index (χ3n) is 3.92. The zero-order chi connectivity index (χ0) is 18.1. The van der Waals surface area contributed by atoms with Crippen LogP contribution in [0.1, 0.15) is 27.6 Å². The van der Waals surface area contributed by atoms with Crippen LogP contribution in [-0.2, 0) is 4.79 Å². The number of hydrogen-bond donors (Lipinski definition) is 1. The van der Waals surface area contributed by atoms with Crippen molar-refractivity contribution in [3.8, 4) is 0 Å². The average Bonchev–Trinajstić information content (AvgIpc) is 2.86. The summed E-state index contributed by atoms with van der Waals surface area (Å²) in [7, 11) is 0. The van der Waals surface area contributed by atoms with E-state index in [0.29, 0.717) is 0 Å². The Labute approximate surface area is 142 Å². The number of carbonyl (C=O) groups is 3. The smallest absolute Gasteiger partial charge is 0.271 e. The molecule has 0 fully saturated rings. The molecular weight excluding hydrogens is 326 g/mol. The largest absolute Gasteiger partial charge is 0.324 e. The van der Waals surface area contributed by atoms with Crippen LogP contribution in [-0.4, -0.2) is 33.6 Å². The fourth-order valence-corrected chi connectivity index (χ4v) is 2.62. The lowest BCUT2D eigenvalue weighted by Crippen LogP contribution is -2.45. The lowest BCUT2D eigenvalue weighted by Gasteiger charge is -2.21. The summed E-state index contributed by atoms with van der Waals surface area (Å²) in [6, 6.07) is 10.7. The number of nitro groups is 1. The van der Waals surface area contributed by atoms with Crippen LogP contribution in [0.3, 0.4) is 0 Å². The molecule has 3 rings (SSSR count). The molecule has 25 heavy (non-hydrogen) atoms. The minimum atomic E-state index is -1.06. The minimum Gasteiger partial charge on any atom is -0.324 e. The van der Waals surface area contributed by atoms with E-state index in [2.05, 4.69) is 5.32 Å². The van der Waals surface area contributed by atoms with Crippen LogP contribution in [0.25, 0.3) is 0 Å². The standard InChI is InChI=1S/C17H13N3O5/c1-10(15(21)18-11-5-4-6-12(9-11)20(24)25)19-16(22)13-7-2-3-8-14(13)17(19)23/h2-10H,1H3,(H,18,21)/t10-/m1/s1. The highest BCUT2D eigenvalue weighted by Crippen LogP contribution is 2.25. The van der Waals surface area contributed by atoms with E-state index < -0.39 is 28.7 Å². The van der Waals surface area contributed by atoms with Crippen molar-refractivity contribution in [2.45, 2.75) is 13.0 Å². The van der Waals surface area contributed by atoms with E-state index in [1.165, 1.54) is 43.3 Å². The van der Waals surface area contributed by atoms with Gasteiger partial charge < -0.3 is 5.32 Å². The van der Waals surface area contributed by atoms with Gasteiger partial charge >= 0.3 is 0 Å². The number of rotatable bonds is 4. The second kappa shape index (κ2) is 6.16. The molecule has 1 N–H and O–H groups in total. The van der Waals surface area contributed by atoms with Crippen molar-refractivity contribution in [3.05, 3.63) is 69.8 Å². The number of non-ortho nitro benzene ring substituents is 1. The predicted octanol–water partition coefficient (Wildman–Crippen LogP) is 2.22. The van der Waals surface area contributed by atoms with E-state index in [9.17, 15) is 24.5 Å². The molecule has 0 spiro atoms. The van der Waals surface area contributed by atoms with Gasteiger partial charge in [0.05, 0.1) is 16.1 Å². The normalized spacial score (nSPS) is 14.2. The summed E-state index contributed by atoms with van der Waals surface area (Å²) < 4.78 is 0. The van der Waals surface area contributed by atoms with Gasteiger partial charge in [-0.15, -0.1) is 0 Å². The van der Waals surface area contributed by atoms with E-state index in [0.717, 1.165) is 4.90 Å². The summed E-state index contributed by atoms with van der Waals surface area (Å²) in [6.45, 7) is 1.42. The first-order valence-corrected chi connectivity index (χ1v) is 7.42. The zero-order valence-electron chi connectivity index (χ0n) is 13.1. The number of carbonyl (C=O) groups excluding carboxylic acids is 3. The summed E-state index contributed by atoms with van der Waals surface area (Å²) in [6.07, 6.45) is 0. The second-order valence-corrected chi connectivity index (χ2v) is 5.50. The average molecular weight is 339 g/mol. The van der Waals surface area contributed by atoms with Gasteiger partial charge in [-0.1, -0.05) is 18.2 Å². The molecule has 2 aromatic carbocycles. The Balaban J connectivity index is 1.80. The molecule has 0 radical (unpaired) electrons. The predicted molar refractivity (Wildman–Crippen MR) is 88.1 cm³/mol. The van der Waals surface area contributed by atoms with Crippen molar-refractivity contribution in [1.82, 2.24) is 4.90 Å². The van der Waals surface area contributed by atoms with Gasteiger partial charge in [0.25, 0.3) is 17.5 Å². The molecule has 1 aliphatic heterocycles. The summed E-state index contributed by atoms with van der Waals surface area (Å²) in [4.78, 5) is 48.3. The Hall–Kier alpha value is -3.55. The SMILES string of the molecule is C[C@H](C(=O)Nc1cccc([N+](=O)[O-])c1)N1C(=O)c2ccccc2C1=O. The molecule has 0 saturated heterocycles. The molecule has 8 nitrogen and oxygen atoms in total. The van der Waals surface area contributed by atoms with Crippen molar-refractivity contribution < 1.29 is 19.3 Å². The molecule has 1 heterocycles. The monoisotopic (exact) mass is 339 g/mol. The van der Waals surface area contributed by atoms with Crippen molar-refractivity contribution in [1.29, 1.82) is 0 Å². The molecule has 8 heteroatoms. The fraction of sp³-hybridized carbons (Fsp3) is 0.118. The second-order valence-electron chi connectivity index (χ2n) is 5.50. The highest BCUT2D eigenvalue weighted by molar-refractivity contribution is 6.23. The van der Waals surface area contributed by atoms with Crippen LogP contribution >= 0.6 is 0 Å². The maximum Gasteiger partial charge on any atom is 0.271 e. The Bertz CT molecular complexity index is 874. The first kappa shape index (κ1) is 16.3. The molecule has 0 unspecified atom stereocenters. The van der Waals surface area contributed by atoms with E-state index in [4.69, 9.17) is 0 Å². The van der Waals surface area contributed by atoms with Crippen molar-refractivity contribution >= 4 is 29.1 Å². The summed E-state index contributed by atoms with van der Waals surface area (Å²) in [5.74, 6) is -1.69. The van der Waals surface area contributed by atoms with Crippen molar-refractivity contribution in [2.24, 2.45) is 0 Å². The van der Waals surface area contributed by atoms with E-state index >= 15 is 0 Å². The Morgan fingerprint density at radius 2 is 1.68 bits per heavy atom. The number of nitro benzene ring substituents is 1. The van der Waals surface area contributed by atoms with Gasteiger partial charge in [-0.25, -0.2) is 0 Å². The number of fused-ring (bicyclic) bond motifs is 1. The Morgan fingerprint density at radius 1 is 1.08 bits per heavy atom. The highest BCUT2D eigenvalue weighted by atomic mass is 16.6. The lowest BCUT2D eigenvalue weighted by molar-refractivity contribution is -0.384. The van der Waals surface area contributed by atoms with E-state index in [1.807, 2.05) is 0 Å². The summed E-state index contributed by atoms with van der Waals surface area (Å²) in [5.41, 5.74) is 0.541. The third kappa shape index (κ3) is 2.85. The topological polar surface area (TPSA) is 110 Å². The Kier molecular flexibility index (Phi) is 4.02. The zero-order valence-corrected chi connectivity index (χ0v) is 13.1. The van der Waals surface area contributed by atoms with Gasteiger partial charge in [-0.2, -0.15) is 0 Å². The van der Waals surface area contributed by atoms with Crippen molar-refractivity contribution in [2.75, 3.05) is 5.32 Å². The molecule has 0 aliphatic carbocycles. The minimum absolute atomic E-state index is 0.175. The van der Waals surface area contributed by atoms with E-state index in [1.54, 1.807) is 12.1 Å². The van der Waals surface area contributed by atoms with Crippen molar-refractivity contribution in [3.63, 3.8) is 0 Å². The third-order valence-corrected chi connectivity index (χ3v) is 3.92. The Morgan fingerprint density at radius 3 is 2.24 bits per heavy atom. The number of hydrogen-bond acceptors (Lipinski definition) is 5. The first-order chi connectivity index (χ1) is 11.9. The van der Waals surface area contributed by atoms with Gasteiger partial charge in [0.2, 0.25) is 5.91 Å². The number of nitrogens with one attached hydrogen (secondary N) is 1. The number of nitrogens with zero attached hydrogens (tertiary/aromatic N) is 2. The molecule has 0 saturated carbocycles. The van der Waals surface area contributed by atoms with Crippen LogP contribution in [0, 0.1) is 10.1 Å².